The predicted octanol–water partition coefficient (Wildman–Crippen LogP) is 3.49. The second-order valence-corrected chi connectivity index (χ2v) is 7.08. The van der Waals surface area contributed by atoms with Crippen molar-refractivity contribution in [2.45, 2.75) is 44.7 Å². The van der Waals surface area contributed by atoms with Gasteiger partial charge in [0.15, 0.2) is 0 Å². The smallest absolute Gasteiger partial charge is 0.251 e. The van der Waals surface area contributed by atoms with Crippen LogP contribution < -0.4 is 5.32 Å². The average molecular weight is 350 g/mol. The fourth-order valence-corrected chi connectivity index (χ4v) is 3.72. The summed E-state index contributed by atoms with van der Waals surface area (Å²) in [4.78, 5) is 27.3. The highest BCUT2D eigenvalue weighted by Crippen LogP contribution is 2.43. The number of benzene rings is 2. The Morgan fingerprint density at radius 2 is 1.69 bits per heavy atom. The van der Waals surface area contributed by atoms with Gasteiger partial charge in [-0.15, -0.1) is 0 Å². The van der Waals surface area contributed by atoms with Crippen LogP contribution in [0.5, 0.6) is 0 Å². The molecule has 2 aromatic rings. The van der Waals surface area contributed by atoms with E-state index in [0.29, 0.717) is 0 Å². The molecule has 2 atom stereocenters. The molecule has 0 spiro atoms. The first-order chi connectivity index (χ1) is 12.6. The van der Waals surface area contributed by atoms with E-state index in [-0.39, 0.29) is 24.3 Å². The lowest BCUT2D eigenvalue weighted by molar-refractivity contribution is -0.165. The highest BCUT2D eigenvalue weighted by molar-refractivity contribution is 5.98. The molecule has 0 aliphatic carbocycles. The first kappa shape index (κ1) is 18.2. The van der Waals surface area contributed by atoms with Crippen molar-refractivity contribution in [3.63, 3.8) is 0 Å². The van der Waals surface area contributed by atoms with Crippen molar-refractivity contribution in [3.8, 4) is 0 Å². The molecule has 1 N–H and O–H groups in total. The largest absolute Gasteiger partial charge is 0.340 e. The summed E-state index contributed by atoms with van der Waals surface area (Å²) in [5.74, 6) is -0.121. The first-order valence-electron chi connectivity index (χ1n) is 9.27. The van der Waals surface area contributed by atoms with Crippen LogP contribution >= 0.6 is 0 Å². The summed E-state index contributed by atoms with van der Waals surface area (Å²) < 4.78 is 0. The number of amides is 2. The summed E-state index contributed by atoms with van der Waals surface area (Å²) in [6, 6.07) is 19.4. The summed E-state index contributed by atoms with van der Waals surface area (Å²) in [6.07, 6.45) is 2.27. The second-order valence-electron chi connectivity index (χ2n) is 7.08. The molecule has 26 heavy (non-hydrogen) atoms. The van der Waals surface area contributed by atoms with Gasteiger partial charge >= 0.3 is 0 Å². The molecule has 2 amide bonds. The zero-order valence-corrected chi connectivity index (χ0v) is 15.4. The van der Waals surface area contributed by atoms with Crippen molar-refractivity contribution in [3.05, 3.63) is 71.8 Å². The van der Waals surface area contributed by atoms with E-state index in [1.165, 1.54) is 0 Å². The number of hydrogen-bond donors (Lipinski definition) is 1. The lowest BCUT2D eigenvalue weighted by Crippen LogP contribution is -2.74. The molecule has 2 aromatic carbocycles. The average Bonchev–Trinajstić information content (AvgIpc) is 2.65. The van der Waals surface area contributed by atoms with E-state index in [4.69, 9.17) is 0 Å². The van der Waals surface area contributed by atoms with Crippen molar-refractivity contribution in [1.82, 2.24) is 10.2 Å². The summed E-state index contributed by atoms with van der Waals surface area (Å²) in [5, 5.41) is 3.02. The fourth-order valence-electron chi connectivity index (χ4n) is 3.72. The topological polar surface area (TPSA) is 49.4 Å². The van der Waals surface area contributed by atoms with E-state index in [1.807, 2.05) is 72.5 Å². The van der Waals surface area contributed by atoms with Gasteiger partial charge in [-0.05, 0) is 24.5 Å². The number of hydrogen-bond acceptors (Lipinski definition) is 2. The van der Waals surface area contributed by atoms with E-state index < -0.39 is 5.54 Å². The maximum atomic E-state index is 12.9. The summed E-state index contributed by atoms with van der Waals surface area (Å²) in [6.45, 7) is 4.68. The summed E-state index contributed by atoms with van der Waals surface area (Å²) in [5.41, 5.74) is 1.12. The molecule has 1 saturated heterocycles. The minimum absolute atomic E-state index is 0.00112. The number of nitrogens with zero attached hydrogens (tertiary/aromatic N) is 1. The van der Waals surface area contributed by atoms with Crippen LogP contribution in [0.3, 0.4) is 0 Å². The number of carbonyl (C=O) groups excluding carboxylic acids is 2. The number of β-lactam (4-membered cyclic amide) rings is 1. The zero-order valence-electron chi connectivity index (χ0n) is 15.4. The van der Waals surface area contributed by atoms with Gasteiger partial charge in [-0.3, -0.25) is 9.59 Å². The Morgan fingerprint density at radius 1 is 1.08 bits per heavy atom. The van der Waals surface area contributed by atoms with Crippen LogP contribution in [0, 0.1) is 0 Å². The highest BCUT2D eigenvalue weighted by Gasteiger charge is 2.58. The lowest BCUT2D eigenvalue weighted by Gasteiger charge is -2.55. The number of carbonyl (C=O) groups is 2. The first-order valence-corrected chi connectivity index (χ1v) is 9.27. The van der Waals surface area contributed by atoms with Crippen molar-refractivity contribution in [2.24, 2.45) is 0 Å². The van der Waals surface area contributed by atoms with Crippen LogP contribution in [0.15, 0.2) is 60.7 Å². The molecule has 3 rings (SSSR count). The molecule has 4 heteroatoms. The second kappa shape index (κ2) is 7.73. The Labute approximate surface area is 155 Å². The highest BCUT2D eigenvalue weighted by atomic mass is 16.2. The maximum Gasteiger partial charge on any atom is 0.251 e. The Kier molecular flexibility index (Phi) is 5.40. The van der Waals surface area contributed by atoms with Crippen LogP contribution in [0.25, 0.3) is 0 Å². The molecule has 136 valence electrons. The molecule has 0 radical (unpaired) electrons. The van der Waals surface area contributed by atoms with Crippen molar-refractivity contribution in [1.29, 1.82) is 0 Å². The van der Waals surface area contributed by atoms with Gasteiger partial charge in [0.2, 0.25) is 5.91 Å². The molecule has 1 fully saturated rings. The van der Waals surface area contributed by atoms with Crippen LogP contribution in [-0.2, 0) is 16.0 Å². The third kappa shape index (κ3) is 3.50. The number of rotatable bonds is 7. The van der Waals surface area contributed by atoms with Crippen LogP contribution in [0.1, 0.15) is 43.9 Å². The number of likely N-dealkylation sites (tertiary alicyclic amines) is 1. The van der Waals surface area contributed by atoms with Gasteiger partial charge in [-0.25, -0.2) is 0 Å². The minimum Gasteiger partial charge on any atom is -0.340 e. The van der Waals surface area contributed by atoms with Crippen molar-refractivity contribution >= 4 is 11.8 Å². The maximum absolute atomic E-state index is 12.9. The van der Waals surface area contributed by atoms with E-state index in [2.05, 4.69) is 12.2 Å². The van der Waals surface area contributed by atoms with Gasteiger partial charge in [-0.1, -0.05) is 74.0 Å². The fraction of sp³-hybridized carbons (Fsp3) is 0.364. The molecule has 0 bridgehead atoms. The third-order valence-electron chi connectivity index (χ3n) is 5.04. The standard InChI is InChI=1S/C22H26N2O2/c1-3-4-15-24-20(18-13-9-6-10-14-18)22(2,21(24)26)23-19(25)16-17-11-7-5-8-12-17/h5-14,20H,3-4,15-16H2,1-2H3,(H,23,25). The molecule has 0 aromatic heterocycles. The Morgan fingerprint density at radius 3 is 2.31 bits per heavy atom. The summed E-state index contributed by atoms with van der Waals surface area (Å²) in [7, 11) is 0. The van der Waals surface area contributed by atoms with E-state index in [0.717, 1.165) is 30.5 Å². The number of nitrogens with one attached hydrogen (secondary N) is 1. The molecule has 1 aliphatic rings. The molecular formula is C22H26N2O2. The van der Waals surface area contributed by atoms with E-state index in [1.54, 1.807) is 0 Å². The Bertz CT molecular complexity index is 760. The Hall–Kier alpha value is -2.62. The predicted molar refractivity (Wildman–Crippen MR) is 102 cm³/mol. The van der Waals surface area contributed by atoms with Gasteiger partial charge in [0.25, 0.3) is 5.91 Å². The van der Waals surface area contributed by atoms with Crippen LogP contribution in [0.2, 0.25) is 0 Å². The molecule has 2 unspecified atom stereocenters. The van der Waals surface area contributed by atoms with Gasteiger partial charge in [0, 0.05) is 6.54 Å². The zero-order chi connectivity index (χ0) is 18.6. The Balaban J connectivity index is 1.78. The SMILES string of the molecule is CCCCN1C(=O)C(C)(NC(=O)Cc2ccccc2)C1c1ccccc1. The lowest BCUT2D eigenvalue weighted by atomic mass is 9.76. The molecular weight excluding hydrogens is 324 g/mol. The molecule has 1 aliphatic heterocycles. The van der Waals surface area contributed by atoms with Crippen molar-refractivity contribution in [2.75, 3.05) is 6.54 Å². The molecule has 0 saturated carbocycles. The third-order valence-corrected chi connectivity index (χ3v) is 5.04. The minimum atomic E-state index is -0.888. The van der Waals surface area contributed by atoms with Gasteiger partial charge < -0.3 is 10.2 Å². The van der Waals surface area contributed by atoms with E-state index >= 15 is 0 Å². The number of unbranched alkanes of at least 4 members (excludes halogenated alkanes) is 1. The normalized spacial score (nSPS) is 22.0. The van der Waals surface area contributed by atoms with Gasteiger partial charge in [0.1, 0.15) is 5.54 Å². The monoisotopic (exact) mass is 350 g/mol. The summed E-state index contributed by atoms with van der Waals surface area (Å²) >= 11 is 0. The van der Waals surface area contributed by atoms with E-state index in [9.17, 15) is 9.59 Å². The molecule has 1 heterocycles. The molecule has 4 nitrogen and oxygen atoms in total. The van der Waals surface area contributed by atoms with Crippen LogP contribution in [-0.4, -0.2) is 28.8 Å². The van der Waals surface area contributed by atoms with Crippen molar-refractivity contribution < 1.29 is 9.59 Å². The van der Waals surface area contributed by atoms with Gasteiger partial charge in [0.05, 0.1) is 12.5 Å². The van der Waals surface area contributed by atoms with Crippen LogP contribution in [0.4, 0.5) is 0 Å². The van der Waals surface area contributed by atoms with Gasteiger partial charge in [-0.2, -0.15) is 0 Å². The quantitative estimate of drug-likeness (QED) is 0.777.